The Balaban J connectivity index is 2.16. The van der Waals surface area contributed by atoms with Crippen LogP contribution in [0.1, 0.15) is 10.4 Å². The lowest BCUT2D eigenvalue weighted by Gasteiger charge is -2.12. The Hall–Kier alpha value is -3.30. The van der Waals surface area contributed by atoms with E-state index in [1.807, 2.05) is 0 Å². The van der Waals surface area contributed by atoms with Crippen LogP contribution in [0.25, 0.3) is 0 Å². The minimum absolute atomic E-state index is 0.0158. The molecular weight excluding hydrogens is 424 g/mol. The Labute approximate surface area is 179 Å². The van der Waals surface area contributed by atoms with Crippen LogP contribution in [0.3, 0.4) is 0 Å². The number of sulfonamides is 1. The summed E-state index contributed by atoms with van der Waals surface area (Å²) in [5.74, 6) is -1.58. The van der Waals surface area contributed by atoms with Crippen molar-refractivity contribution in [1.29, 1.82) is 0 Å². The molecule has 2 aromatic rings. The molecule has 1 amide bonds. The highest BCUT2D eigenvalue weighted by molar-refractivity contribution is 8.00. The van der Waals surface area contributed by atoms with Gasteiger partial charge in [0.1, 0.15) is 0 Å². The van der Waals surface area contributed by atoms with E-state index in [-0.39, 0.29) is 27.8 Å². The summed E-state index contributed by atoms with van der Waals surface area (Å²) in [5, 5.41) is 12.1. The van der Waals surface area contributed by atoms with Crippen molar-refractivity contribution in [3.05, 3.63) is 91.2 Å². The number of aromatic carboxylic acids is 1. The zero-order chi connectivity index (χ0) is 22.1. The first-order valence-electron chi connectivity index (χ1n) is 8.60. The van der Waals surface area contributed by atoms with Gasteiger partial charge in [0, 0.05) is 10.6 Å². The quantitative estimate of drug-likeness (QED) is 0.381. The molecule has 0 saturated carbocycles. The van der Waals surface area contributed by atoms with Crippen molar-refractivity contribution in [2.45, 2.75) is 9.79 Å². The van der Waals surface area contributed by atoms with Gasteiger partial charge in [-0.1, -0.05) is 37.4 Å². The summed E-state index contributed by atoms with van der Waals surface area (Å²) in [7, 11) is -3.94. The van der Waals surface area contributed by atoms with Crippen LogP contribution < -0.4 is 10.0 Å². The van der Waals surface area contributed by atoms with Gasteiger partial charge in [0.05, 0.1) is 21.9 Å². The molecule has 3 N–H and O–H groups in total. The predicted octanol–water partition coefficient (Wildman–Crippen LogP) is 3.65. The van der Waals surface area contributed by atoms with Crippen LogP contribution in [0.5, 0.6) is 0 Å². The molecule has 0 bridgehead atoms. The molecule has 0 spiro atoms. The number of hydrogen-bond acceptors (Lipinski definition) is 5. The van der Waals surface area contributed by atoms with Gasteiger partial charge in [-0.25, -0.2) is 13.2 Å². The number of amides is 1. The first-order valence-corrected chi connectivity index (χ1v) is 11.1. The molecular formula is C21H20N2O5S2. The third-order valence-electron chi connectivity index (χ3n) is 3.69. The number of benzene rings is 2. The van der Waals surface area contributed by atoms with E-state index in [2.05, 4.69) is 23.2 Å². The Bertz CT molecular complexity index is 1090. The largest absolute Gasteiger partial charge is 0.478 e. The Morgan fingerprint density at radius 1 is 1.10 bits per heavy atom. The van der Waals surface area contributed by atoms with Gasteiger partial charge in [-0.2, -0.15) is 0 Å². The molecule has 0 radical (unpaired) electrons. The molecule has 9 heteroatoms. The van der Waals surface area contributed by atoms with Crippen LogP contribution in [0, 0.1) is 0 Å². The van der Waals surface area contributed by atoms with Crippen molar-refractivity contribution in [3.63, 3.8) is 0 Å². The standard InChI is InChI=1S/C21H20N2O5S2/c1-3-8-15(4-2)22-20(24)14-29-16-11-12-19(18(13-16)21(25)26)23-30(27,28)17-9-6-5-7-10-17/h3-13,23H,1-2,14H2,(H,22,24)(H,25,26)/b15-8+. The fraction of sp³-hybridized carbons (Fsp3) is 0.0476. The van der Waals surface area contributed by atoms with Gasteiger partial charge in [0.2, 0.25) is 5.91 Å². The third kappa shape index (κ3) is 6.36. The molecule has 0 fully saturated rings. The Morgan fingerprint density at radius 2 is 1.80 bits per heavy atom. The lowest BCUT2D eigenvalue weighted by atomic mass is 10.2. The molecule has 0 atom stereocenters. The minimum atomic E-state index is -3.94. The smallest absolute Gasteiger partial charge is 0.337 e. The van der Waals surface area contributed by atoms with E-state index in [9.17, 15) is 23.1 Å². The van der Waals surface area contributed by atoms with E-state index in [0.29, 0.717) is 10.6 Å². The van der Waals surface area contributed by atoms with Crippen molar-refractivity contribution in [2.75, 3.05) is 10.5 Å². The molecule has 156 valence electrons. The first kappa shape index (κ1) is 23.0. The second kappa shape index (κ2) is 10.5. The Kier molecular flexibility index (Phi) is 8.02. The lowest BCUT2D eigenvalue weighted by Crippen LogP contribution is -2.23. The average molecular weight is 445 g/mol. The van der Waals surface area contributed by atoms with Crippen molar-refractivity contribution in [1.82, 2.24) is 5.32 Å². The molecule has 0 aliphatic heterocycles. The van der Waals surface area contributed by atoms with Crippen LogP contribution in [-0.4, -0.2) is 31.2 Å². The molecule has 0 saturated heterocycles. The fourth-order valence-corrected chi connectivity index (χ4v) is 4.15. The number of allylic oxidation sites excluding steroid dienone is 3. The van der Waals surface area contributed by atoms with Crippen molar-refractivity contribution in [3.8, 4) is 0 Å². The number of rotatable bonds is 10. The topological polar surface area (TPSA) is 113 Å². The van der Waals surface area contributed by atoms with Crippen molar-refractivity contribution < 1.29 is 23.1 Å². The monoisotopic (exact) mass is 444 g/mol. The molecule has 2 aromatic carbocycles. The van der Waals surface area contributed by atoms with E-state index in [1.165, 1.54) is 36.4 Å². The van der Waals surface area contributed by atoms with Gasteiger partial charge in [0.15, 0.2) is 0 Å². The number of carbonyl (C=O) groups excluding carboxylic acids is 1. The maximum atomic E-state index is 12.5. The second-order valence-corrected chi connectivity index (χ2v) is 8.56. The van der Waals surface area contributed by atoms with Gasteiger partial charge in [0.25, 0.3) is 10.0 Å². The lowest BCUT2D eigenvalue weighted by molar-refractivity contribution is -0.117. The van der Waals surface area contributed by atoms with Crippen LogP contribution in [0.4, 0.5) is 5.69 Å². The summed E-state index contributed by atoms with van der Waals surface area (Å²) in [4.78, 5) is 24.2. The molecule has 0 unspecified atom stereocenters. The van der Waals surface area contributed by atoms with Gasteiger partial charge in [-0.15, -0.1) is 11.8 Å². The first-order chi connectivity index (χ1) is 14.3. The molecule has 2 rings (SSSR count). The van der Waals surface area contributed by atoms with Crippen molar-refractivity contribution in [2.24, 2.45) is 0 Å². The molecule has 0 heterocycles. The summed E-state index contributed by atoms with van der Waals surface area (Å²) in [6.07, 6.45) is 4.57. The van der Waals surface area contributed by atoms with Gasteiger partial charge >= 0.3 is 5.97 Å². The number of carboxylic acids is 1. The minimum Gasteiger partial charge on any atom is -0.478 e. The maximum Gasteiger partial charge on any atom is 0.337 e. The van der Waals surface area contributed by atoms with Gasteiger partial charge in [-0.05, 0) is 42.5 Å². The Morgan fingerprint density at radius 3 is 2.40 bits per heavy atom. The molecule has 0 aliphatic carbocycles. The van der Waals surface area contributed by atoms with Crippen molar-refractivity contribution >= 4 is 39.3 Å². The van der Waals surface area contributed by atoms with Crippen LogP contribution in [0.15, 0.2) is 95.4 Å². The fourth-order valence-electron chi connectivity index (χ4n) is 2.32. The van der Waals surface area contributed by atoms with E-state index in [1.54, 1.807) is 30.3 Å². The second-order valence-electron chi connectivity index (χ2n) is 5.83. The summed E-state index contributed by atoms with van der Waals surface area (Å²) in [5.41, 5.74) is 0.203. The number of carbonyl (C=O) groups is 2. The summed E-state index contributed by atoms with van der Waals surface area (Å²) in [6.45, 7) is 7.13. The third-order valence-corrected chi connectivity index (χ3v) is 6.07. The van der Waals surface area contributed by atoms with E-state index >= 15 is 0 Å². The molecule has 0 aliphatic rings. The number of carboxylic acid groups (broad SMARTS) is 1. The highest BCUT2D eigenvalue weighted by Crippen LogP contribution is 2.26. The maximum absolute atomic E-state index is 12.5. The van der Waals surface area contributed by atoms with E-state index in [4.69, 9.17) is 0 Å². The zero-order valence-electron chi connectivity index (χ0n) is 15.9. The SMILES string of the molecule is C=C/C=C(\C=C)NC(=O)CSc1ccc(NS(=O)(=O)c2ccccc2)c(C(=O)O)c1. The summed E-state index contributed by atoms with van der Waals surface area (Å²) >= 11 is 1.11. The predicted molar refractivity (Wildman–Crippen MR) is 118 cm³/mol. The molecule has 7 nitrogen and oxygen atoms in total. The van der Waals surface area contributed by atoms with Crippen LogP contribution in [0.2, 0.25) is 0 Å². The van der Waals surface area contributed by atoms with Crippen LogP contribution in [-0.2, 0) is 14.8 Å². The number of hydrogen-bond donors (Lipinski definition) is 3. The number of nitrogens with one attached hydrogen (secondary N) is 2. The summed E-state index contributed by atoms with van der Waals surface area (Å²) < 4.78 is 27.3. The van der Waals surface area contributed by atoms with Crippen LogP contribution >= 0.6 is 11.8 Å². The molecule has 30 heavy (non-hydrogen) atoms. The highest BCUT2D eigenvalue weighted by Gasteiger charge is 2.19. The normalized spacial score (nSPS) is 11.4. The summed E-state index contributed by atoms with van der Waals surface area (Å²) in [6, 6.07) is 11.8. The number of thioether (sulfide) groups is 1. The average Bonchev–Trinajstić information content (AvgIpc) is 2.73. The number of anilines is 1. The van der Waals surface area contributed by atoms with E-state index < -0.39 is 16.0 Å². The van der Waals surface area contributed by atoms with Gasteiger partial charge < -0.3 is 10.4 Å². The van der Waals surface area contributed by atoms with E-state index in [0.717, 1.165) is 11.8 Å². The zero-order valence-corrected chi connectivity index (χ0v) is 17.5. The van der Waals surface area contributed by atoms with Gasteiger partial charge in [-0.3, -0.25) is 9.52 Å². The highest BCUT2D eigenvalue weighted by atomic mass is 32.2. The molecule has 0 aromatic heterocycles.